The van der Waals surface area contributed by atoms with Crippen molar-refractivity contribution < 1.29 is 19.1 Å². The number of amides is 1. The quantitative estimate of drug-likeness (QED) is 0.844. The van der Waals surface area contributed by atoms with Crippen molar-refractivity contribution in [1.29, 1.82) is 0 Å². The SMILES string of the molecule is Cc1ccc(C(=O)N(CCCC(=O)O)C(C)C)o1. The fourth-order valence-corrected chi connectivity index (χ4v) is 1.69. The minimum Gasteiger partial charge on any atom is -0.481 e. The average Bonchev–Trinajstić information content (AvgIpc) is 2.69. The number of hydrogen-bond donors (Lipinski definition) is 1. The molecule has 5 heteroatoms. The molecule has 1 amide bonds. The van der Waals surface area contributed by atoms with Crippen LogP contribution in [0.15, 0.2) is 16.5 Å². The van der Waals surface area contributed by atoms with Gasteiger partial charge >= 0.3 is 5.97 Å². The number of rotatable bonds is 6. The standard InChI is InChI=1S/C13H19NO4/c1-9(2)14(8-4-5-12(15)16)13(17)11-7-6-10(3)18-11/h6-7,9H,4-5,8H2,1-3H3,(H,15,16). The van der Waals surface area contributed by atoms with E-state index in [1.54, 1.807) is 24.0 Å². The van der Waals surface area contributed by atoms with Crippen molar-refractivity contribution in [3.63, 3.8) is 0 Å². The molecule has 1 N–H and O–H groups in total. The number of furan rings is 1. The van der Waals surface area contributed by atoms with Gasteiger partial charge in [0.15, 0.2) is 5.76 Å². The number of carboxylic acid groups (broad SMARTS) is 1. The Morgan fingerprint density at radius 3 is 2.50 bits per heavy atom. The second-order valence-corrected chi connectivity index (χ2v) is 4.50. The molecule has 1 heterocycles. The first-order chi connectivity index (χ1) is 8.41. The Morgan fingerprint density at radius 2 is 2.06 bits per heavy atom. The summed E-state index contributed by atoms with van der Waals surface area (Å²) in [7, 11) is 0. The van der Waals surface area contributed by atoms with Crippen LogP contribution in [0.4, 0.5) is 0 Å². The number of aryl methyl sites for hydroxylation is 1. The van der Waals surface area contributed by atoms with Gasteiger partial charge in [0.05, 0.1) is 0 Å². The predicted molar refractivity (Wildman–Crippen MR) is 66.5 cm³/mol. The molecule has 0 aliphatic rings. The van der Waals surface area contributed by atoms with Crippen LogP contribution in [0.25, 0.3) is 0 Å². The molecule has 100 valence electrons. The fourth-order valence-electron chi connectivity index (χ4n) is 1.69. The fraction of sp³-hybridized carbons (Fsp3) is 0.538. The summed E-state index contributed by atoms with van der Waals surface area (Å²) in [6.07, 6.45) is 0.507. The van der Waals surface area contributed by atoms with Crippen LogP contribution in [-0.4, -0.2) is 34.5 Å². The van der Waals surface area contributed by atoms with Gasteiger partial charge in [-0.3, -0.25) is 9.59 Å². The lowest BCUT2D eigenvalue weighted by Crippen LogP contribution is -2.37. The Bertz CT molecular complexity index is 422. The van der Waals surface area contributed by atoms with Crippen molar-refractivity contribution >= 4 is 11.9 Å². The van der Waals surface area contributed by atoms with Crippen molar-refractivity contribution in [2.45, 2.75) is 39.7 Å². The van der Waals surface area contributed by atoms with Crippen LogP contribution in [0.1, 0.15) is 43.0 Å². The maximum absolute atomic E-state index is 12.2. The van der Waals surface area contributed by atoms with Crippen molar-refractivity contribution in [2.24, 2.45) is 0 Å². The first-order valence-electron chi connectivity index (χ1n) is 6.01. The Balaban J connectivity index is 2.67. The molecule has 1 aromatic heterocycles. The zero-order chi connectivity index (χ0) is 13.7. The second-order valence-electron chi connectivity index (χ2n) is 4.50. The summed E-state index contributed by atoms with van der Waals surface area (Å²) in [5.41, 5.74) is 0. The first kappa shape index (κ1) is 14.3. The molecule has 0 saturated heterocycles. The number of carboxylic acids is 1. The van der Waals surface area contributed by atoms with Crippen LogP contribution in [0, 0.1) is 6.92 Å². The molecular weight excluding hydrogens is 234 g/mol. The molecule has 5 nitrogen and oxygen atoms in total. The van der Waals surface area contributed by atoms with Gasteiger partial charge in [-0.15, -0.1) is 0 Å². The van der Waals surface area contributed by atoms with Gasteiger partial charge in [0.2, 0.25) is 0 Å². The van der Waals surface area contributed by atoms with E-state index in [1.165, 1.54) is 0 Å². The Kier molecular flexibility index (Phi) is 4.95. The summed E-state index contributed by atoms with van der Waals surface area (Å²) >= 11 is 0. The predicted octanol–water partition coefficient (Wildman–Crippen LogP) is 2.30. The molecule has 0 radical (unpaired) electrons. The summed E-state index contributed by atoms with van der Waals surface area (Å²) in [5, 5.41) is 8.60. The Labute approximate surface area is 106 Å². The normalized spacial score (nSPS) is 10.7. The molecular formula is C13H19NO4. The van der Waals surface area contributed by atoms with Crippen molar-refractivity contribution in [3.05, 3.63) is 23.7 Å². The number of hydrogen-bond acceptors (Lipinski definition) is 3. The maximum Gasteiger partial charge on any atom is 0.303 e. The van der Waals surface area contributed by atoms with E-state index in [0.717, 1.165) is 0 Å². The lowest BCUT2D eigenvalue weighted by molar-refractivity contribution is -0.137. The molecule has 0 aliphatic carbocycles. The van der Waals surface area contributed by atoms with Crippen LogP contribution in [-0.2, 0) is 4.79 Å². The lowest BCUT2D eigenvalue weighted by Gasteiger charge is -2.25. The van der Waals surface area contributed by atoms with Crippen molar-refractivity contribution in [1.82, 2.24) is 4.90 Å². The lowest BCUT2D eigenvalue weighted by atomic mass is 10.2. The van der Waals surface area contributed by atoms with E-state index in [-0.39, 0.29) is 18.4 Å². The van der Waals surface area contributed by atoms with E-state index >= 15 is 0 Å². The van der Waals surface area contributed by atoms with Gasteiger partial charge in [-0.2, -0.15) is 0 Å². The first-order valence-corrected chi connectivity index (χ1v) is 6.01. The maximum atomic E-state index is 12.2. The van der Waals surface area contributed by atoms with Crippen molar-refractivity contribution in [2.75, 3.05) is 6.54 Å². The van der Waals surface area contributed by atoms with Crippen LogP contribution in [0.5, 0.6) is 0 Å². The van der Waals surface area contributed by atoms with Gasteiger partial charge in [0.25, 0.3) is 5.91 Å². The minimum absolute atomic E-state index is 0.0108. The minimum atomic E-state index is -0.847. The third-order valence-corrected chi connectivity index (χ3v) is 2.63. The summed E-state index contributed by atoms with van der Waals surface area (Å²) in [6, 6.07) is 3.39. The highest BCUT2D eigenvalue weighted by molar-refractivity contribution is 5.91. The molecule has 0 bridgehead atoms. The van der Waals surface area contributed by atoms with Gasteiger partial charge in [-0.05, 0) is 39.3 Å². The Morgan fingerprint density at radius 1 is 1.39 bits per heavy atom. The number of carbonyl (C=O) groups excluding carboxylic acids is 1. The van der Waals surface area contributed by atoms with E-state index < -0.39 is 5.97 Å². The van der Waals surface area contributed by atoms with Gasteiger partial charge in [-0.1, -0.05) is 0 Å². The molecule has 0 unspecified atom stereocenters. The molecule has 0 spiro atoms. The monoisotopic (exact) mass is 253 g/mol. The molecule has 1 rings (SSSR count). The average molecular weight is 253 g/mol. The highest BCUT2D eigenvalue weighted by Gasteiger charge is 2.21. The molecule has 0 atom stereocenters. The van der Waals surface area contributed by atoms with E-state index in [4.69, 9.17) is 9.52 Å². The van der Waals surface area contributed by atoms with Crippen molar-refractivity contribution in [3.8, 4) is 0 Å². The van der Waals surface area contributed by atoms with Gasteiger partial charge < -0.3 is 14.4 Å². The van der Waals surface area contributed by atoms with Gasteiger partial charge in [0.1, 0.15) is 5.76 Å². The molecule has 0 fully saturated rings. The summed E-state index contributed by atoms with van der Waals surface area (Å²) in [5.74, 6) is -0.0485. The summed E-state index contributed by atoms with van der Waals surface area (Å²) in [6.45, 7) is 5.99. The third kappa shape index (κ3) is 3.91. The van der Waals surface area contributed by atoms with E-state index in [9.17, 15) is 9.59 Å². The smallest absolute Gasteiger partial charge is 0.303 e. The zero-order valence-corrected chi connectivity index (χ0v) is 11.0. The van der Waals surface area contributed by atoms with E-state index in [0.29, 0.717) is 24.5 Å². The van der Waals surface area contributed by atoms with Crippen LogP contribution in [0.3, 0.4) is 0 Å². The molecule has 18 heavy (non-hydrogen) atoms. The van der Waals surface area contributed by atoms with Crippen LogP contribution in [0.2, 0.25) is 0 Å². The Hall–Kier alpha value is -1.78. The largest absolute Gasteiger partial charge is 0.481 e. The van der Waals surface area contributed by atoms with Crippen LogP contribution >= 0.6 is 0 Å². The number of aliphatic carboxylic acids is 1. The van der Waals surface area contributed by atoms with Gasteiger partial charge in [0, 0.05) is 19.0 Å². The highest BCUT2D eigenvalue weighted by atomic mass is 16.4. The molecule has 1 aromatic rings. The molecule has 0 aliphatic heterocycles. The van der Waals surface area contributed by atoms with E-state index in [2.05, 4.69) is 0 Å². The zero-order valence-electron chi connectivity index (χ0n) is 11.0. The van der Waals surface area contributed by atoms with E-state index in [1.807, 2.05) is 13.8 Å². The topological polar surface area (TPSA) is 70.8 Å². The molecule has 0 saturated carbocycles. The third-order valence-electron chi connectivity index (χ3n) is 2.63. The number of carbonyl (C=O) groups is 2. The number of nitrogens with zero attached hydrogens (tertiary/aromatic N) is 1. The van der Waals surface area contributed by atoms with Gasteiger partial charge in [-0.25, -0.2) is 0 Å². The summed E-state index contributed by atoms with van der Waals surface area (Å²) < 4.78 is 5.30. The highest BCUT2D eigenvalue weighted by Crippen LogP contribution is 2.13. The second kappa shape index (κ2) is 6.23. The summed E-state index contributed by atoms with van der Waals surface area (Å²) in [4.78, 5) is 24.3. The van der Waals surface area contributed by atoms with Crippen LogP contribution < -0.4 is 0 Å². The molecule has 0 aromatic carbocycles.